The second-order valence-corrected chi connectivity index (χ2v) is 9.25. The molecule has 1 saturated heterocycles. The fourth-order valence-electron chi connectivity index (χ4n) is 4.84. The van der Waals surface area contributed by atoms with E-state index in [1.54, 1.807) is 18.2 Å². The number of carbonyl (C=O) groups excluding carboxylic acids is 2. The zero-order valence-electron chi connectivity index (χ0n) is 19.5. The lowest BCUT2D eigenvalue weighted by Gasteiger charge is -2.36. The van der Waals surface area contributed by atoms with Crippen molar-refractivity contribution in [2.45, 2.75) is 37.9 Å². The molecule has 1 heterocycles. The summed E-state index contributed by atoms with van der Waals surface area (Å²) in [7, 11) is 0. The standard InChI is InChI=1S/C27H26F3N3O2.ClH/c28-17-6-9-21(24(30)13-17)26(34)32-25-11-12-31-14-22(25)27(35)33(18-7-8-18)15-16-5-10-23(29)20-4-2-1-3-19(16)20;/h1-6,9-10,13,18,22,25,31H,7-8,11-12,14-15H2,(H,32,34);1H. The number of nitrogens with one attached hydrogen (secondary N) is 2. The third kappa shape index (κ3) is 5.34. The van der Waals surface area contributed by atoms with Crippen LogP contribution in [0.5, 0.6) is 0 Å². The Morgan fingerprint density at radius 3 is 2.42 bits per heavy atom. The van der Waals surface area contributed by atoms with Crippen LogP contribution in [-0.4, -0.2) is 41.9 Å². The number of piperidine rings is 1. The number of halogens is 4. The summed E-state index contributed by atoms with van der Waals surface area (Å²) in [5.41, 5.74) is 0.605. The average Bonchev–Trinajstić information content (AvgIpc) is 3.69. The van der Waals surface area contributed by atoms with E-state index < -0.39 is 29.5 Å². The molecule has 3 aromatic carbocycles. The molecule has 2 fully saturated rings. The molecule has 2 amide bonds. The Kier molecular flexibility index (Phi) is 7.85. The number of nitrogens with zero attached hydrogens (tertiary/aromatic N) is 1. The van der Waals surface area contributed by atoms with Crippen LogP contribution in [0.4, 0.5) is 13.2 Å². The first-order chi connectivity index (χ1) is 16.9. The summed E-state index contributed by atoms with van der Waals surface area (Å²) in [6.45, 7) is 1.32. The number of hydrogen-bond acceptors (Lipinski definition) is 3. The molecule has 0 spiro atoms. The van der Waals surface area contributed by atoms with E-state index in [-0.39, 0.29) is 35.7 Å². The summed E-state index contributed by atoms with van der Waals surface area (Å²) in [4.78, 5) is 28.3. The van der Waals surface area contributed by atoms with Crippen LogP contribution in [0.2, 0.25) is 0 Å². The molecule has 2 unspecified atom stereocenters. The monoisotopic (exact) mass is 517 g/mol. The van der Waals surface area contributed by atoms with E-state index >= 15 is 0 Å². The van der Waals surface area contributed by atoms with Gasteiger partial charge in [-0.3, -0.25) is 9.59 Å². The van der Waals surface area contributed by atoms with Gasteiger partial charge in [0.15, 0.2) is 0 Å². The van der Waals surface area contributed by atoms with Crippen molar-refractivity contribution >= 4 is 35.0 Å². The fraction of sp³-hybridized carbons (Fsp3) is 0.333. The summed E-state index contributed by atoms with van der Waals surface area (Å²) in [5, 5.41) is 7.30. The van der Waals surface area contributed by atoms with Crippen LogP contribution in [0.15, 0.2) is 54.6 Å². The van der Waals surface area contributed by atoms with Crippen LogP contribution in [0.1, 0.15) is 35.2 Å². The summed E-state index contributed by atoms with van der Waals surface area (Å²) in [6.07, 6.45) is 2.29. The highest BCUT2D eigenvalue weighted by atomic mass is 35.5. The van der Waals surface area contributed by atoms with Gasteiger partial charge in [0.2, 0.25) is 5.91 Å². The Morgan fingerprint density at radius 2 is 1.69 bits per heavy atom. The van der Waals surface area contributed by atoms with Crippen molar-refractivity contribution in [1.29, 1.82) is 0 Å². The van der Waals surface area contributed by atoms with E-state index in [0.29, 0.717) is 37.5 Å². The molecular weight excluding hydrogens is 491 g/mol. The van der Waals surface area contributed by atoms with Crippen LogP contribution >= 0.6 is 12.4 Å². The van der Waals surface area contributed by atoms with E-state index in [1.807, 2.05) is 17.0 Å². The van der Waals surface area contributed by atoms with Gasteiger partial charge in [0.1, 0.15) is 17.5 Å². The van der Waals surface area contributed by atoms with E-state index in [4.69, 9.17) is 0 Å². The first-order valence-corrected chi connectivity index (χ1v) is 11.9. The highest BCUT2D eigenvalue weighted by molar-refractivity contribution is 5.95. The number of rotatable bonds is 6. The minimum Gasteiger partial charge on any atom is -0.348 e. The third-order valence-corrected chi connectivity index (χ3v) is 6.86. The first-order valence-electron chi connectivity index (χ1n) is 11.9. The molecule has 1 aliphatic carbocycles. The first kappa shape index (κ1) is 26.0. The summed E-state index contributed by atoms with van der Waals surface area (Å²) in [6, 6.07) is 12.8. The van der Waals surface area contributed by atoms with E-state index in [1.165, 1.54) is 6.07 Å². The van der Waals surface area contributed by atoms with E-state index in [0.717, 1.165) is 35.9 Å². The van der Waals surface area contributed by atoms with Crippen molar-refractivity contribution in [3.8, 4) is 0 Å². The maximum atomic E-state index is 14.3. The van der Waals surface area contributed by atoms with E-state index in [9.17, 15) is 22.8 Å². The SMILES string of the molecule is Cl.O=C(NC1CCNCC1C(=O)N(Cc1ccc(F)c2ccccc12)C1CC1)c1ccc(F)cc1F. The van der Waals surface area contributed by atoms with Crippen molar-refractivity contribution in [2.24, 2.45) is 5.92 Å². The molecule has 2 N–H and O–H groups in total. The number of benzene rings is 3. The molecular formula is C27H27ClF3N3O2. The lowest BCUT2D eigenvalue weighted by molar-refractivity contribution is -0.138. The molecule has 1 aliphatic heterocycles. The summed E-state index contributed by atoms with van der Waals surface area (Å²) < 4.78 is 41.7. The van der Waals surface area contributed by atoms with Crippen LogP contribution in [0, 0.1) is 23.4 Å². The molecule has 2 atom stereocenters. The molecule has 0 radical (unpaired) electrons. The molecule has 0 bridgehead atoms. The molecule has 1 saturated carbocycles. The second kappa shape index (κ2) is 10.9. The number of carbonyl (C=O) groups is 2. The number of hydrogen-bond donors (Lipinski definition) is 2. The van der Waals surface area contributed by atoms with E-state index in [2.05, 4.69) is 10.6 Å². The zero-order chi connectivity index (χ0) is 24.5. The minimum atomic E-state index is -0.942. The molecule has 5 rings (SSSR count). The van der Waals surface area contributed by atoms with Gasteiger partial charge < -0.3 is 15.5 Å². The summed E-state index contributed by atoms with van der Waals surface area (Å²) in [5.74, 6) is -3.32. The Hall–Kier alpha value is -3.10. The molecule has 3 aromatic rings. The highest BCUT2D eigenvalue weighted by Gasteiger charge is 2.40. The van der Waals surface area contributed by atoms with Gasteiger partial charge in [0, 0.05) is 36.6 Å². The van der Waals surface area contributed by atoms with Gasteiger partial charge in [0.25, 0.3) is 5.91 Å². The maximum absolute atomic E-state index is 14.3. The van der Waals surface area contributed by atoms with Gasteiger partial charge in [-0.2, -0.15) is 0 Å². The van der Waals surface area contributed by atoms with Gasteiger partial charge in [-0.25, -0.2) is 13.2 Å². The Morgan fingerprint density at radius 1 is 0.944 bits per heavy atom. The Labute approximate surface area is 213 Å². The Bertz CT molecular complexity index is 1280. The van der Waals surface area contributed by atoms with Crippen LogP contribution in [-0.2, 0) is 11.3 Å². The van der Waals surface area contributed by atoms with Gasteiger partial charge >= 0.3 is 0 Å². The predicted molar refractivity (Wildman–Crippen MR) is 133 cm³/mol. The molecule has 2 aliphatic rings. The van der Waals surface area contributed by atoms with Gasteiger partial charge in [0.05, 0.1) is 11.5 Å². The average molecular weight is 518 g/mol. The smallest absolute Gasteiger partial charge is 0.254 e. The second-order valence-electron chi connectivity index (χ2n) is 9.25. The number of fused-ring (bicyclic) bond motifs is 1. The lowest BCUT2D eigenvalue weighted by Crippen LogP contribution is -2.55. The van der Waals surface area contributed by atoms with Crippen molar-refractivity contribution in [2.75, 3.05) is 13.1 Å². The van der Waals surface area contributed by atoms with Crippen molar-refractivity contribution < 1.29 is 22.8 Å². The quantitative estimate of drug-likeness (QED) is 0.503. The minimum absolute atomic E-state index is 0. The maximum Gasteiger partial charge on any atom is 0.254 e. The van der Waals surface area contributed by atoms with Gasteiger partial charge in [-0.05, 0) is 55.0 Å². The normalized spacial score (nSPS) is 19.4. The van der Waals surface area contributed by atoms with Gasteiger partial charge in [-0.1, -0.05) is 30.3 Å². The highest BCUT2D eigenvalue weighted by Crippen LogP contribution is 2.33. The van der Waals surface area contributed by atoms with Crippen LogP contribution in [0.3, 0.4) is 0 Å². The van der Waals surface area contributed by atoms with Crippen LogP contribution < -0.4 is 10.6 Å². The zero-order valence-corrected chi connectivity index (χ0v) is 20.3. The Balaban J connectivity index is 0.00000304. The topological polar surface area (TPSA) is 61.4 Å². The third-order valence-electron chi connectivity index (χ3n) is 6.86. The number of amides is 2. The van der Waals surface area contributed by atoms with Gasteiger partial charge in [-0.15, -0.1) is 12.4 Å². The molecule has 0 aromatic heterocycles. The summed E-state index contributed by atoms with van der Waals surface area (Å²) >= 11 is 0. The lowest BCUT2D eigenvalue weighted by atomic mass is 9.91. The molecule has 9 heteroatoms. The largest absolute Gasteiger partial charge is 0.348 e. The molecule has 190 valence electrons. The fourth-order valence-corrected chi connectivity index (χ4v) is 4.84. The van der Waals surface area contributed by atoms with Crippen molar-refractivity contribution in [1.82, 2.24) is 15.5 Å². The van der Waals surface area contributed by atoms with Crippen molar-refractivity contribution in [3.05, 3.63) is 83.2 Å². The molecule has 36 heavy (non-hydrogen) atoms. The van der Waals surface area contributed by atoms with Crippen LogP contribution in [0.25, 0.3) is 10.8 Å². The predicted octanol–water partition coefficient (Wildman–Crippen LogP) is 4.58. The van der Waals surface area contributed by atoms with Crippen molar-refractivity contribution in [3.63, 3.8) is 0 Å². The molecule has 5 nitrogen and oxygen atoms in total.